The molecule has 0 aliphatic heterocycles. The number of carbonyl (C=O) groups excluding carboxylic acids is 1. The third-order valence-electron chi connectivity index (χ3n) is 3.67. The van der Waals surface area contributed by atoms with E-state index in [2.05, 4.69) is 24.4 Å². The molecule has 0 unspecified atom stereocenters. The smallest absolute Gasteiger partial charge is 0.266 e. The predicted molar refractivity (Wildman–Crippen MR) is 89.6 cm³/mol. The van der Waals surface area contributed by atoms with E-state index in [1.54, 1.807) is 28.9 Å². The van der Waals surface area contributed by atoms with Crippen LogP contribution in [0, 0.1) is 12.8 Å². The second kappa shape index (κ2) is 6.12. The number of rotatable bonds is 3. The molecule has 0 spiro atoms. The summed E-state index contributed by atoms with van der Waals surface area (Å²) in [5.41, 5.74) is 3.97. The van der Waals surface area contributed by atoms with E-state index in [1.165, 1.54) is 21.7 Å². The average molecular weight is 318 g/mol. The molecular formula is C16H18N2OS2. The number of nitrogens with one attached hydrogen (secondary N) is 1. The summed E-state index contributed by atoms with van der Waals surface area (Å²) in [7, 11) is 0. The van der Waals surface area contributed by atoms with Gasteiger partial charge >= 0.3 is 0 Å². The molecule has 21 heavy (non-hydrogen) atoms. The molecule has 3 rings (SSSR count). The molecule has 3 nitrogen and oxygen atoms in total. The summed E-state index contributed by atoms with van der Waals surface area (Å²) in [4.78, 5) is 16.6. The number of aryl methyl sites for hydroxylation is 2. The maximum absolute atomic E-state index is 12.1. The molecule has 2 aromatic rings. The summed E-state index contributed by atoms with van der Waals surface area (Å²) in [6.07, 6.45) is 5.12. The van der Waals surface area contributed by atoms with Crippen molar-refractivity contribution in [2.24, 2.45) is 11.0 Å². The highest BCUT2D eigenvalue weighted by molar-refractivity contribution is 7.14. The van der Waals surface area contributed by atoms with Gasteiger partial charge in [-0.2, -0.15) is 5.10 Å². The SMILES string of the molecule is Cc1ccc(/C=N\NC(=O)c2cc3c(s2)CC[C@H](C)C3)s1. The van der Waals surface area contributed by atoms with Crippen molar-refractivity contribution in [1.29, 1.82) is 0 Å². The number of carbonyl (C=O) groups is 1. The first-order valence-electron chi connectivity index (χ1n) is 7.13. The Hall–Kier alpha value is -1.46. The number of fused-ring (bicyclic) bond motifs is 1. The minimum absolute atomic E-state index is 0.105. The first-order chi connectivity index (χ1) is 10.1. The summed E-state index contributed by atoms with van der Waals surface area (Å²) in [5, 5.41) is 4.04. The fraction of sp³-hybridized carbons (Fsp3) is 0.375. The maximum Gasteiger partial charge on any atom is 0.281 e. The van der Waals surface area contributed by atoms with Crippen LogP contribution in [0.5, 0.6) is 0 Å². The van der Waals surface area contributed by atoms with Crippen LogP contribution in [0.4, 0.5) is 0 Å². The summed E-state index contributed by atoms with van der Waals surface area (Å²) in [6, 6.07) is 6.08. The fourth-order valence-electron chi connectivity index (χ4n) is 2.55. The van der Waals surface area contributed by atoms with Crippen molar-refractivity contribution >= 4 is 34.8 Å². The van der Waals surface area contributed by atoms with Crippen LogP contribution in [-0.4, -0.2) is 12.1 Å². The molecule has 2 aromatic heterocycles. The predicted octanol–water partition coefficient (Wildman–Crippen LogP) is 4.01. The van der Waals surface area contributed by atoms with Crippen LogP contribution in [0.25, 0.3) is 0 Å². The van der Waals surface area contributed by atoms with E-state index < -0.39 is 0 Å². The molecule has 0 saturated heterocycles. The Morgan fingerprint density at radius 3 is 3.05 bits per heavy atom. The van der Waals surface area contributed by atoms with Gasteiger partial charge in [0.1, 0.15) is 0 Å². The van der Waals surface area contributed by atoms with E-state index in [0.29, 0.717) is 0 Å². The summed E-state index contributed by atoms with van der Waals surface area (Å²) in [6.45, 7) is 4.32. The third kappa shape index (κ3) is 3.41. The van der Waals surface area contributed by atoms with Gasteiger partial charge in [0.25, 0.3) is 5.91 Å². The standard InChI is InChI=1S/C16H18N2OS2/c1-10-3-6-14-12(7-10)8-15(21-14)16(19)18-17-9-13-5-4-11(2)20-13/h4-5,8-10H,3,6-7H2,1-2H3,(H,18,19)/b17-9-/t10-/m0/s1. The van der Waals surface area contributed by atoms with Crippen molar-refractivity contribution in [3.63, 3.8) is 0 Å². The number of amides is 1. The van der Waals surface area contributed by atoms with Gasteiger partial charge in [-0.25, -0.2) is 5.43 Å². The van der Waals surface area contributed by atoms with Gasteiger partial charge < -0.3 is 0 Å². The normalized spacial score (nSPS) is 17.9. The van der Waals surface area contributed by atoms with Crippen LogP contribution >= 0.6 is 22.7 Å². The number of thiophene rings is 2. The first-order valence-corrected chi connectivity index (χ1v) is 8.76. The number of hydrogen-bond acceptors (Lipinski definition) is 4. The molecule has 0 saturated carbocycles. The van der Waals surface area contributed by atoms with Crippen LogP contribution in [0.2, 0.25) is 0 Å². The Kier molecular flexibility index (Phi) is 4.22. The molecule has 5 heteroatoms. The van der Waals surface area contributed by atoms with Crippen LogP contribution in [-0.2, 0) is 12.8 Å². The molecule has 110 valence electrons. The van der Waals surface area contributed by atoms with Gasteiger partial charge in [0.15, 0.2) is 0 Å². The van der Waals surface area contributed by atoms with Crippen molar-refractivity contribution in [2.75, 3.05) is 0 Å². The molecule has 0 radical (unpaired) electrons. The van der Waals surface area contributed by atoms with Crippen LogP contribution in [0.3, 0.4) is 0 Å². The lowest BCUT2D eigenvalue weighted by molar-refractivity contribution is 0.0959. The fourth-order valence-corrected chi connectivity index (χ4v) is 4.40. The molecule has 0 fully saturated rings. The monoisotopic (exact) mass is 318 g/mol. The zero-order chi connectivity index (χ0) is 14.8. The topological polar surface area (TPSA) is 41.5 Å². The lowest BCUT2D eigenvalue weighted by Crippen LogP contribution is -2.16. The van der Waals surface area contributed by atoms with Crippen LogP contribution in [0.1, 0.15) is 43.2 Å². The van der Waals surface area contributed by atoms with E-state index in [1.807, 2.05) is 18.2 Å². The Labute approximate surface area is 132 Å². The maximum atomic E-state index is 12.1. The van der Waals surface area contributed by atoms with Gasteiger partial charge in [-0.3, -0.25) is 4.79 Å². The highest BCUT2D eigenvalue weighted by Gasteiger charge is 2.20. The molecule has 2 heterocycles. The lowest BCUT2D eigenvalue weighted by Gasteiger charge is -2.16. The van der Waals surface area contributed by atoms with E-state index in [-0.39, 0.29) is 5.91 Å². The minimum atomic E-state index is -0.105. The van der Waals surface area contributed by atoms with Gasteiger partial charge in [0.05, 0.1) is 11.1 Å². The third-order valence-corrected chi connectivity index (χ3v) is 5.84. The number of hydrazone groups is 1. The minimum Gasteiger partial charge on any atom is -0.266 e. The molecular weight excluding hydrogens is 300 g/mol. The van der Waals surface area contributed by atoms with Crippen LogP contribution < -0.4 is 5.43 Å². The van der Waals surface area contributed by atoms with Crippen molar-refractivity contribution in [2.45, 2.75) is 33.1 Å². The van der Waals surface area contributed by atoms with Crippen molar-refractivity contribution in [1.82, 2.24) is 5.43 Å². The Bertz CT molecular complexity index is 684. The highest BCUT2D eigenvalue weighted by atomic mass is 32.1. The average Bonchev–Trinajstić information content (AvgIpc) is 3.04. The van der Waals surface area contributed by atoms with E-state index >= 15 is 0 Å². The number of nitrogens with zero attached hydrogens (tertiary/aromatic N) is 1. The number of hydrogen-bond donors (Lipinski definition) is 1. The van der Waals surface area contributed by atoms with Crippen molar-refractivity contribution in [3.8, 4) is 0 Å². The largest absolute Gasteiger partial charge is 0.281 e. The zero-order valence-corrected chi connectivity index (χ0v) is 13.8. The van der Waals surface area contributed by atoms with Gasteiger partial charge in [0, 0.05) is 14.6 Å². The van der Waals surface area contributed by atoms with E-state index in [0.717, 1.165) is 28.5 Å². The lowest BCUT2D eigenvalue weighted by atomic mass is 9.90. The summed E-state index contributed by atoms with van der Waals surface area (Å²) >= 11 is 3.27. The van der Waals surface area contributed by atoms with Crippen LogP contribution in [0.15, 0.2) is 23.3 Å². The van der Waals surface area contributed by atoms with E-state index in [9.17, 15) is 4.79 Å². The first kappa shape index (κ1) is 14.5. The summed E-state index contributed by atoms with van der Waals surface area (Å²) < 4.78 is 0. The Morgan fingerprint density at radius 1 is 1.43 bits per heavy atom. The molecule has 1 atom stereocenters. The Balaban J connectivity index is 1.64. The highest BCUT2D eigenvalue weighted by Crippen LogP contribution is 2.32. The zero-order valence-electron chi connectivity index (χ0n) is 12.2. The van der Waals surface area contributed by atoms with Gasteiger partial charge in [0.2, 0.25) is 0 Å². The quantitative estimate of drug-likeness (QED) is 0.674. The molecule has 1 aliphatic carbocycles. The molecule has 1 amide bonds. The Morgan fingerprint density at radius 2 is 2.29 bits per heavy atom. The van der Waals surface area contributed by atoms with E-state index in [4.69, 9.17) is 0 Å². The molecule has 1 N–H and O–H groups in total. The second-order valence-electron chi connectivity index (χ2n) is 5.55. The molecule has 0 bridgehead atoms. The second-order valence-corrected chi connectivity index (χ2v) is 8.01. The van der Waals surface area contributed by atoms with Gasteiger partial charge in [-0.15, -0.1) is 22.7 Å². The molecule has 0 aromatic carbocycles. The van der Waals surface area contributed by atoms with Crippen molar-refractivity contribution in [3.05, 3.63) is 43.3 Å². The summed E-state index contributed by atoms with van der Waals surface area (Å²) in [5.74, 6) is 0.620. The van der Waals surface area contributed by atoms with Gasteiger partial charge in [-0.1, -0.05) is 6.92 Å². The van der Waals surface area contributed by atoms with Crippen molar-refractivity contribution < 1.29 is 4.79 Å². The van der Waals surface area contributed by atoms with Gasteiger partial charge in [-0.05, 0) is 55.9 Å². The molecule has 1 aliphatic rings.